The molecule has 2 aromatic rings. The van der Waals surface area contributed by atoms with E-state index in [4.69, 9.17) is 18.6 Å². The van der Waals surface area contributed by atoms with Gasteiger partial charge in [0.05, 0.1) is 12.3 Å². The predicted molar refractivity (Wildman–Crippen MR) is 144 cm³/mol. The highest BCUT2D eigenvalue weighted by molar-refractivity contribution is 6.11. The zero-order valence-electron chi connectivity index (χ0n) is 25.5. The molecule has 0 unspecified atom stereocenters. The van der Waals surface area contributed by atoms with Crippen LogP contribution in [0.1, 0.15) is 85.6 Å². The van der Waals surface area contributed by atoms with Crippen LogP contribution in [0.15, 0.2) is 10.5 Å². The number of aliphatic hydroxyl groups excluding tert-OH is 1. The molecule has 2 heterocycles. The zero-order valence-corrected chi connectivity index (χ0v) is 25.5. The first-order valence-corrected chi connectivity index (χ1v) is 13.8. The van der Waals surface area contributed by atoms with E-state index in [0.29, 0.717) is 6.07 Å². The maximum Gasteiger partial charge on any atom is 0.424 e. The van der Waals surface area contributed by atoms with Crippen LogP contribution >= 0.6 is 0 Å². The summed E-state index contributed by atoms with van der Waals surface area (Å²) in [5.41, 5.74) is -5.67. The number of carbonyl (C=O) groups excluding carboxylic acids is 2. The molecule has 1 atom stereocenters. The summed E-state index contributed by atoms with van der Waals surface area (Å²) in [5.74, 6) is -1.85. The smallest absolute Gasteiger partial charge is 0.424 e. The Balaban J connectivity index is 2.62. The molecule has 0 aromatic carbocycles. The Morgan fingerprint density at radius 3 is 1.91 bits per heavy atom. The van der Waals surface area contributed by atoms with Crippen molar-refractivity contribution in [1.82, 2.24) is 15.2 Å². The molecule has 0 radical (unpaired) electrons. The number of hydrogen-bond donors (Lipinski definition) is 2. The molecule has 2 aromatic heterocycles. The van der Waals surface area contributed by atoms with Gasteiger partial charge in [0.2, 0.25) is 5.88 Å². The van der Waals surface area contributed by atoms with Crippen LogP contribution in [0, 0.1) is 0 Å². The second-order valence-corrected chi connectivity index (χ2v) is 11.9. The minimum Gasteiger partial charge on any atom is -0.471 e. The van der Waals surface area contributed by atoms with E-state index in [1.807, 2.05) is 0 Å². The first-order chi connectivity index (χ1) is 20.5. The molecule has 0 fully saturated rings. The van der Waals surface area contributed by atoms with Crippen molar-refractivity contribution in [2.45, 2.75) is 110 Å². The molecule has 0 saturated heterocycles. The van der Waals surface area contributed by atoms with E-state index in [1.165, 1.54) is 41.5 Å². The third-order valence-corrected chi connectivity index (χ3v) is 5.50. The van der Waals surface area contributed by atoms with Crippen molar-refractivity contribution in [3.63, 3.8) is 0 Å². The highest BCUT2D eigenvalue weighted by atomic mass is 19.4. The van der Waals surface area contributed by atoms with Gasteiger partial charge in [-0.2, -0.15) is 31.2 Å². The number of aliphatic hydroxyl groups is 1. The minimum absolute atomic E-state index is 0.0537. The van der Waals surface area contributed by atoms with Crippen molar-refractivity contribution in [3.8, 4) is 23.5 Å². The molecule has 2 amide bonds. The van der Waals surface area contributed by atoms with Crippen LogP contribution in [0.3, 0.4) is 0 Å². The number of hydrogen-bond acceptors (Lipinski definition) is 11. The second-order valence-electron chi connectivity index (χ2n) is 11.9. The van der Waals surface area contributed by atoms with Gasteiger partial charge >= 0.3 is 30.6 Å². The predicted octanol–water partition coefficient (Wildman–Crippen LogP) is 7.18. The van der Waals surface area contributed by atoms with Crippen molar-refractivity contribution < 1.29 is 64.8 Å². The van der Waals surface area contributed by atoms with Gasteiger partial charge in [-0.3, -0.25) is 0 Å². The van der Waals surface area contributed by atoms with Gasteiger partial charge in [-0.05, 0) is 66.9 Å². The van der Waals surface area contributed by atoms with E-state index >= 15 is 0 Å². The molecule has 2 rings (SSSR count). The van der Waals surface area contributed by atoms with Gasteiger partial charge in [0.25, 0.3) is 5.89 Å². The topological polar surface area (TPSA) is 157 Å². The number of aromatic nitrogens is 3. The standard InChI is InChI=1S/C27H36F6N4O8/c1-24(2,3)44-22(40)37(23(41)45-25(4,5)6)17-13-16(27(31,32)33)19(34-18(17)20-35-36-21(39)43-20)42-15(14-38)11-9-7-8-10-12-26(28,29)30/h13,15,38H,7-12,14H2,1-6H3,(H,36,39)/t15-/m1/s1. The van der Waals surface area contributed by atoms with Gasteiger partial charge in [0.15, 0.2) is 5.69 Å². The Morgan fingerprint density at radius 2 is 1.47 bits per heavy atom. The van der Waals surface area contributed by atoms with Crippen LogP contribution in [0.2, 0.25) is 0 Å². The second kappa shape index (κ2) is 14.5. The molecule has 0 aliphatic carbocycles. The number of unbranched alkanes of at least 4 members (excludes halogenated alkanes) is 3. The highest BCUT2D eigenvalue weighted by Crippen LogP contribution is 2.42. The van der Waals surface area contributed by atoms with E-state index in [-0.39, 0.29) is 37.0 Å². The fourth-order valence-electron chi connectivity index (χ4n) is 3.70. The third kappa shape index (κ3) is 12.2. The van der Waals surface area contributed by atoms with Crippen LogP contribution in [0.4, 0.5) is 41.6 Å². The van der Waals surface area contributed by atoms with Crippen molar-refractivity contribution in [1.29, 1.82) is 0 Å². The molecular formula is C27H36F6N4O8. The van der Waals surface area contributed by atoms with Gasteiger partial charge < -0.3 is 28.8 Å². The maximum absolute atomic E-state index is 14.4. The van der Waals surface area contributed by atoms with Crippen LogP contribution in [-0.2, 0) is 15.7 Å². The van der Waals surface area contributed by atoms with Gasteiger partial charge in [-0.25, -0.2) is 14.6 Å². The van der Waals surface area contributed by atoms with Crippen molar-refractivity contribution in [3.05, 3.63) is 11.6 Å². The number of ether oxygens (including phenoxy) is 3. The lowest BCUT2D eigenvalue weighted by Gasteiger charge is -2.29. The lowest BCUT2D eigenvalue weighted by molar-refractivity contribution is -0.140. The normalized spacial score (nSPS) is 13.4. The minimum atomic E-state index is -5.21. The average molecular weight is 659 g/mol. The molecule has 0 spiro atoms. The number of imide groups is 1. The molecule has 0 aliphatic rings. The van der Waals surface area contributed by atoms with Gasteiger partial charge in [-0.1, -0.05) is 17.9 Å². The Bertz CT molecular complexity index is 1270. The number of rotatable bonds is 11. The zero-order chi connectivity index (χ0) is 34.4. The Morgan fingerprint density at radius 1 is 0.911 bits per heavy atom. The largest absolute Gasteiger partial charge is 0.471 e. The summed E-state index contributed by atoms with van der Waals surface area (Å²) in [6, 6.07) is 0.332. The Hall–Kier alpha value is -3.83. The van der Waals surface area contributed by atoms with Gasteiger partial charge in [0.1, 0.15) is 22.9 Å². The van der Waals surface area contributed by atoms with Crippen molar-refractivity contribution >= 4 is 17.9 Å². The summed E-state index contributed by atoms with van der Waals surface area (Å²) in [7, 11) is 0. The molecular weight excluding hydrogens is 622 g/mol. The monoisotopic (exact) mass is 658 g/mol. The number of alkyl halides is 6. The summed E-state index contributed by atoms with van der Waals surface area (Å²) < 4.78 is 101. The number of carbonyl (C=O) groups is 2. The maximum atomic E-state index is 14.4. The molecule has 45 heavy (non-hydrogen) atoms. The lowest BCUT2D eigenvalue weighted by atomic mass is 10.1. The molecule has 0 saturated carbocycles. The fourth-order valence-corrected chi connectivity index (χ4v) is 3.70. The molecule has 0 bridgehead atoms. The summed E-state index contributed by atoms with van der Waals surface area (Å²) in [6.07, 6.45) is -15.2. The Kier molecular flexibility index (Phi) is 12.0. The van der Waals surface area contributed by atoms with Crippen LogP contribution in [0.5, 0.6) is 12.0 Å². The molecule has 12 nitrogen and oxygen atoms in total. The van der Waals surface area contributed by atoms with E-state index in [1.54, 1.807) is 0 Å². The van der Waals surface area contributed by atoms with E-state index in [2.05, 4.69) is 15.2 Å². The van der Waals surface area contributed by atoms with Gasteiger partial charge in [0, 0.05) is 6.42 Å². The summed E-state index contributed by atoms with van der Waals surface area (Å²) in [4.78, 5) is 30.5. The summed E-state index contributed by atoms with van der Waals surface area (Å²) in [5, 5.41) is 26.2. The molecule has 2 N–H and O–H groups in total. The van der Waals surface area contributed by atoms with Crippen molar-refractivity contribution in [2.75, 3.05) is 11.5 Å². The quantitative estimate of drug-likeness (QED) is 0.186. The molecule has 254 valence electrons. The Labute approximate surface area is 254 Å². The van der Waals surface area contributed by atoms with E-state index in [9.17, 15) is 46.1 Å². The van der Waals surface area contributed by atoms with Gasteiger partial charge in [-0.15, -0.1) is 5.10 Å². The van der Waals surface area contributed by atoms with Crippen LogP contribution in [-0.4, -0.2) is 67.7 Å². The summed E-state index contributed by atoms with van der Waals surface area (Å²) in [6.45, 7) is 7.86. The first kappa shape index (κ1) is 37.4. The number of nitrogens with zero attached hydrogens (tertiary/aromatic N) is 4. The molecule has 18 heteroatoms. The number of aromatic hydroxyl groups is 1. The van der Waals surface area contributed by atoms with Crippen LogP contribution < -0.4 is 9.64 Å². The lowest BCUT2D eigenvalue weighted by Crippen LogP contribution is -2.44. The number of amides is 2. The van der Waals surface area contributed by atoms with Crippen LogP contribution in [0.25, 0.3) is 11.6 Å². The van der Waals surface area contributed by atoms with E-state index in [0.717, 1.165) is 0 Å². The third-order valence-electron chi connectivity index (χ3n) is 5.50. The SMILES string of the molecule is CC(C)(C)OC(=O)N(C(=O)OC(C)(C)C)c1cc(C(F)(F)F)c(O[C@@H](CO)CCCCCCC(F)(F)F)nc1-c1nnc(O)o1. The number of pyridine rings is 1. The molecule has 0 aliphatic heterocycles. The summed E-state index contributed by atoms with van der Waals surface area (Å²) >= 11 is 0. The average Bonchev–Trinajstić information content (AvgIpc) is 3.28. The highest BCUT2D eigenvalue weighted by Gasteiger charge is 2.42. The first-order valence-electron chi connectivity index (χ1n) is 13.8. The fraction of sp³-hybridized carbons (Fsp3) is 0.667. The number of anilines is 1. The van der Waals surface area contributed by atoms with Crippen molar-refractivity contribution in [2.24, 2.45) is 0 Å². The number of halogens is 6. The van der Waals surface area contributed by atoms with E-state index < -0.39 is 89.7 Å².